The van der Waals surface area contributed by atoms with Gasteiger partial charge in [0, 0.05) is 0 Å². The SMILES string of the molecule is O=S(=O)([O-])Nc1ccc(C(F)(F)F)cc1Cl.[Na+]. The molecular weight excluding hydrogens is 294 g/mol. The zero-order valence-corrected chi connectivity index (χ0v) is 11.9. The van der Waals surface area contributed by atoms with Gasteiger partial charge < -0.3 is 4.55 Å². The molecule has 0 heterocycles. The van der Waals surface area contributed by atoms with Gasteiger partial charge in [0.1, 0.15) is 0 Å². The van der Waals surface area contributed by atoms with Crippen LogP contribution in [0.3, 0.4) is 0 Å². The summed E-state index contributed by atoms with van der Waals surface area (Å²) >= 11 is 5.38. The molecule has 10 heteroatoms. The molecule has 1 aromatic carbocycles. The fourth-order valence-electron chi connectivity index (χ4n) is 0.909. The zero-order valence-electron chi connectivity index (χ0n) is 8.38. The topological polar surface area (TPSA) is 69.2 Å². The molecule has 0 fully saturated rings. The van der Waals surface area contributed by atoms with Crippen molar-refractivity contribution in [3.8, 4) is 0 Å². The van der Waals surface area contributed by atoms with Crippen LogP contribution < -0.4 is 34.3 Å². The minimum Gasteiger partial charge on any atom is -0.731 e. The van der Waals surface area contributed by atoms with Gasteiger partial charge in [-0.1, -0.05) is 11.6 Å². The van der Waals surface area contributed by atoms with Crippen molar-refractivity contribution in [1.82, 2.24) is 0 Å². The molecule has 0 aliphatic rings. The first-order valence-electron chi connectivity index (χ1n) is 3.70. The van der Waals surface area contributed by atoms with Crippen LogP contribution in [-0.4, -0.2) is 13.0 Å². The molecule has 0 radical (unpaired) electrons. The van der Waals surface area contributed by atoms with E-state index in [4.69, 9.17) is 11.6 Å². The Kier molecular flexibility index (Phi) is 5.77. The number of nitrogens with one attached hydrogen (secondary N) is 1. The first-order chi connectivity index (χ1) is 7.09. The van der Waals surface area contributed by atoms with Crippen molar-refractivity contribution in [2.75, 3.05) is 4.72 Å². The van der Waals surface area contributed by atoms with Crippen LogP contribution in [0.15, 0.2) is 18.2 Å². The first-order valence-corrected chi connectivity index (χ1v) is 5.48. The van der Waals surface area contributed by atoms with Crippen LogP contribution in [0.4, 0.5) is 18.9 Å². The molecule has 90 valence electrons. The van der Waals surface area contributed by atoms with Gasteiger partial charge in [0.05, 0.1) is 16.3 Å². The standard InChI is InChI=1S/C7H5ClF3NO3S.Na/c8-5-3-4(7(9,10)11)1-2-6(5)12-16(13,14)15;/h1-3,12H,(H,13,14,15);/q;+1/p-1. The Morgan fingerprint density at radius 1 is 1.29 bits per heavy atom. The molecule has 1 N–H and O–H groups in total. The van der Waals surface area contributed by atoms with Crippen LogP contribution in [0, 0.1) is 0 Å². The van der Waals surface area contributed by atoms with Crippen LogP contribution >= 0.6 is 11.6 Å². The third-order valence-corrected chi connectivity index (χ3v) is 2.31. The predicted molar refractivity (Wildman–Crippen MR) is 49.8 cm³/mol. The third-order valence-electron chi connectivity index (χ3n) is 1.53. The van der Waals surface area contributed by atoms with E-state index in [9.17, 15) is 26.1 Å². The van der Waals surface area contributed by atoms with Crippen molar-refractivity contribution in [3.63, 3.8) is 0 Å². The number of benzene rings is 1. The van der Waals surface area contributed by atoms with Gasteiger partial charge in [-0.25, -0.2) is 8.42 Å². The van der Waals surface area contributed by atoms with Crippen LogP contribution in [0.1, 0.15) is 5.56 Å². The first kappa shape index (κ1) is 17.0. The minimum atomic E-state index is -4.81. The maximum absolute atomic E-state index is 12.2. The molecule has 0 bridgehead atoms. The molecule has 0 atom stereocenters. The maximum atomic E-state index is 12.2. The average molecular weight is 298 g/mol. The van der Waals surface area contributed by atoms with E-state index in [0.717, 1.165) is 6.07 Å². The van der Waals surface area contributed by atoms with Crippen molar-refractivity contribution in [3.05, 3.63) is 28.8 Å². The van der Waals surface area contributed by atoms with Gasteiger partial charge in [-0.3, -0.25) is 4.72 Å². The number of hydrogen-bond donors (Lipinski definition) is 1. The summed E-state index contributed by atoms with van der Waals surface area (Å²) in [4.78, 5) is 0. The van der Waals surface area contributed by atoms with E-state index >= 15 is 0 Å². The van der Waals surface area contributed by atoms with E-state index in [1.54, 1.807) is 0 Å². The van der Waals surface area contributed by atoms with Crippen LogP contribution in [0.25, 0.3) is 0 Å². The van der Waals surface area contributed by atoms with Crippen LogP contribution in [0.2, 0.25) is 5.02 Å². The molecule has 1 aromatic rings. The number of rotatable bonds is 2. The van der Waals surface area contributed by atoms with E-state index in [0.29, 0.717) is 12.1 Å². The fourth-order valence-corrected chi connectivity index (χ4v) is 1.64. The number of alkyl halides is 3. The molecule has 0 aromatic heterocycles. The minimum absolute atomic E-state index is 0. The van der Waals surface area contributed by atoms with Crippen LogP contribution in [0.5, 0.6) is 0 Å². The second-order valence-electron chi connectivity index (χ2n) is 2.75. The number of hydrogen-bond acceptors (Lipinski definition) is 3. The molecule has 0 aliphatic heterocycles. The van der Waals surface area contributed by atoms with Crippen molar-refractivity contribution in [1.29, 1.82) is 0 Å². The summed E-state index contributed by atoms with van der Waals surface area (Å²) in [6.45, 7) is 0. The normalized spacial score (nSPS) is 11.8. The van der Waals surface area contributed by atoms with Gasteiger partial charge >= 0.3 is 35.7 Å². The van der Waals surface area contributed by atoms with E-state index in [2.05, 4.69) is 0 Å². The largest absolute Gasteiger partial charge is 1.00 e. The van der Waals surface area contributed by atoms with E-state index in [-0.39, 0.29) is 29.6 Å². The third kappa shape index (κ3) is 5.45. The molecular formula is C7H4ClF3NNaO3S. The second-order valence-corrected chi connectivity index (χ2v) is 4.27. The van der Waals surface area contributed by atoms with Gasteiger partial charge in [-0.15, -0.1) is 0 Å². The summed E-state index contributed by atoms with van der Waals surface area (Å²) < 4.78 is 68.8. The quantitative estimate of drug-likeness (QED) is 0.576. The summed E-state index contributed by atoms with van der Waals surface area (Å²) in [7, 11) is -4.81. The Morgan fingerprint density at radius 2 is 1.82 bits per heavy atom. The molecule has 0 amide bonds. The van der Waals surface area contributed by atoms with Crippen molar-refractivity contribution < 1.29 is 55.7 Å². The molecule has 0 aliphatic carbocycles. The molecule has 0 unspecified atom stereocenters. The Labute approximate surface area is 122 Å². The van der Waals surface area contributed by atoms with Gasteiger partial charge in [-0.05, 0) is 18.2 Å². The predicted octanol–water partition coefficient (Wildman–Crippen LogP) is -0.765. The Hall–Kier alpha value is 0.01000. The van der Waals surface area contributed by atoms with Crippen molar-refractivity contribution in [2.24, 2.45) is 0 Å². The van der Waals surface area contributed by atoms with Gasteiger partial charge in [0.25, 0.3) is 0 Å². The molecule has 0 saturated heterocycles. The Morgan fingerprint density at radius 3 is 2.18 bits per heavy atom. The zero-order chi connectivity index (χ0) is 12.6. The molecule has 0 spiro atoms. The number of halogens is 4. The van der Waals surface area contributed by atoms with E-state index < -0.39 is 32.8 Å². The second kappa shape index (κ2) is 5.77. The van der Waals surface area contributed by atoms with E-state index in [1.807, 2.05) is 0 Å². The average Bonchev–Trinajstić information content (AvgIpc) is 2.04. The smallest absolute Gasteiger partial charge is 0.731 e. The van der Waals surface area contributed by atoms with E-state index in [1.165, 1.54) is 4.72 Å². The summed E-state index contributed by atoms with van der Waals surface area (Å²) in [6.07, 6.45) is -4.58. The molecule has 4 nitrogen and oxygen atoms in total. The summed E-state index contributed by atoms with van der Waals surface area (Å²) in [5.41, 5.74) is -1.43. The Bertz CT molecular complexity index is 506. The maximum Gasteiger partial charge on any atom is 1.00 e. The molecule has 17 heavy (non-hydrogen) atoms. The fraction of sp³-hybridized carbons (Fsp3) is 0.143. The summed E-state index contributed by atoms with van der Waals surface area (Å²) in [5.74, 6) is 0. The number of anilines is 1. The Balaban J connectivity index is 0.00000256. The summed E-state index contributed by atoms with van der Waals surface area (Å²) in [5, 5.41) is -0.505. The van der Waals surface area contributed by atoms with Crippen LogP contribution in [-0.2, 0) is 16.5 Å². The van der Waals surface area contributed by atoms with Gasteiger partial charge in [0.15, 0.2) is 10.3 Å². The monoisotopic (exact) mass is 297 g/mol. The summed E-state index contributed by atoms with van der Waals surface area (Å²) in [6, 6.07) is 1.90. The van der Waals surface area contributed by atoms with Gasteiger partial charge in [-0.2, -0.15) is 13.2 Å². The van der Waals surface area contributed by atoms with Crippen molar-refractivity contribution >= 4 is 27.6 Å². The van der Waals surface area contributed by atoms with Gasteiger partial charge in [0.2, 0.25) is 0 Å². The van der Waals surface area contributed by atoms with Crippen molar-refractivity contribution in [2.45, 2.75) is 6.18 Å². The molecule has 0 saturated carbocycles. The molecule has 1 rings (SSSR count).